The Balaban J connectivity index is 2.06. The lowest BCUT2D eigenvalue weighted by molar-refractivity contribution is -0.120. The third kappa shape index (κ3) is 5.25. The monoisotopic (exact) mass is 310 g/mol. The van der Waals surface area contributed by atoms with Gasteiger partial charge in [0.2, 0.25) is 11.8 Å². The van der Waals surface area contributed by atoms with Gasteiger partial charge in [0.15, 0.2) is 0 Å². The molecule has 4 heteroatoms. The molecule has 0 aliphatic heterocycles. The third-order valence-electron chi connectivity index (χ3n) is 3.59. The Morgan fingerprint density at radius 2 is 1.78 bits per heavy atom. The van der Waals surface area contributed by atoms with Crippen LogP contribution in [0.2, 0.25) is 0 Å². The van der Waals surface area contributed by atoms with Crippen LogP contribution in [0.4, 0.5) is 5.69 Å². The summed E-state index contributed by atoms with van der Waals surface area (Å²) in [6, 6.07) is 17.0. The van der Waals surface area contributed by atoms with Gasteiger partial charge in [0.1, 0.15) is 0 Å². The molecule has 2 aromatic carbocycles. The second-order valence-corrected chi connectivity index (χ2v) is 5.47. The highest BCUT2D eigenvalue weighted by atomic mass is 16.2. The molecule has 0 fully saturated rings. The van der Waals surface area contributed by atoms with Crippen molar-refractivity contribution in [3.8, 4) is 0 Å². The molecule has 0 aliphatic carbocycles. The summed E-state index contributed by atoms with van der Waals surface area (Å²) < 4.78 is 0. The maximum absolute atomic E-state index is 12.3. The van der Waals surface area contributed by atoms with E-state index in [-0.39, 0.29) is 24.3 Å². The van der Waals surface area contributed by atoms with Crippen LogP contribution in [-0.4, -0.2) is 11.8 Å². The average Bonchev–Trinajstić information content (AvgIpc) is 2.54. The van der Waals surface area contributed by atoms with E-state index < -0.39 is 0 Å². The molecule has 1 atom stereocenters. The molecular formula is C19H22N2O2. The molecule has 2 rings (SSSR count). The normalized spacial score (nSPS) is 11.6. The maximum atomic E-state index is 12.3. The number of carbonyl (C=O) groups excluding carboxylic acids is 2. The third-order valence-corrected chi connectivity index (χ3v) is 3.59. The van der Waals surface area contributed by atoms with E-state index in [4.69, 9.17) is 0 Å². The number of benzene rings is 2. The SMILES string of the molecule is CCc1cccc(NC(=O)C[C@@H](NC(C)=O)c2ccccc2)c1. The molecule has 2 aromatic rings. The predicted octanol–water partition coefficient (Wildman–Crippen LogP) is 3.46. The highest BCUT2D eigenvalue weighted by molar-refractivity contribution is 5.91. The molecule has 0 aliphatic rings. The molecule has 0 radical (unpaired) electrons. The number of hydrogen-bond acceptors (Lipinski definition) is 2. The topological polar surface area (TPSA) is 58.2 Å². The minimum atomic E-state index is -0.331. The first-order chi connectivity index (χ1) is 11.1. The van der Waals surface area contributed by atoms with Crippen molar-refractivity contribution < 1.29 is 9.59 Å². The number of carbonyl (C=O) groups is 2. The Morgan fingerprint density at radius 3 is 2.43 bits per heavy atom. The summed E-state index contributed by atoms with van der Waals surface area (Å²) in [5.41, 5.74) is 2.87. The largest absolute Gasteiger partial charge is 0.349 e. The van der Waals surface area contributed by atoms with Gasteiger partial charge in [0.05, 0.1) is 12.5 Å². The molecule has 23 heavy (non-hydrogen) atoms. The summed E-state index contributed by atoms with van der Waals surface area (Å²) in [5, 5.41) is 5.74. The quantitative estimate of drug-likeness (QED) is 0.858. The summed E-state index contributed by atoms with van der Waals surface area (Å²) >= 11 is 0. The number of hydrogen-bond donors (Lipinski definition) is 2. The van der Waals surface area contributed by atoms with Crippen molar-refractivity contribution in [2.24, 2.45) is 0 Å². The van der Waals surface area contributed by atoms with Crippen LogP contribution in [0, 0.1) is 0 Å². The van der Waals surface area contributed by atoms with E-state index in [9.17, 15) is 9.59 Å². The molecule has 0 aromatic heterocycles. The standard InChI is InChI=1S/C19H22N2O2/c1-3-15-8-7-11-17(12-15)21-19(23)13-18(20-14(2)22)16-9-5-4-6-10-16/h4-12,18H,3,13H2,1-2H3,(H,20,22)(H,21,23)/t18-/m1/s1. The van der Waals surface area contributed by atoms with E-state index in [1.165, 1.54) is 12.5 Å². The molecule has 0 saturated heterocycles. The van der Waals surface area contributed by atoms with E-state index in [1.807, 2.05) is 54.6 Å². The van der Waals surface area contributed by atoms with Gasteiger partial charge in [0.25, 0.3) is 0 Å². The zero-order valence-corrected chi connectivity index (χ0v) is 13.5. The molecule has 0 heterocycles. The van der Waals surface area contributed by atoms with Gasteiger partial charge >= 0.3 is 0 Å². The van der Waals surface area contributed by atoms with E-state index in [2.05, 4.69) is 17.6 Å². The molecule has 0 saturated carbocycles. The fourth-order valence-electron chi connectivity index (χ4n) is 2.45. The van der Waals surface area contributed by atoms with Gasteiger partial charge in [-0.3, -0.25) is 9.59 Å². The summed E-state index contributed by atoms with van der Waals surface area (Å²) in [6.07, 6.45) is 1.11. The Hall–Kier alpha value is -2.62. The van der Waals surface area contributed by atoms with Gasteiger partial charge in [-0.25, -0.2) is 0 Å². The smallest absolute Gasteiger partial charge is 0.226 e. The Kier molecular flexibility index (Phi) is 5.92. The molecule has 4 nitrogen and oxygen atoms in total. The van der Waals surface area contributed by atoms with Crippen molar-refractivity contribution in [2.75, 3.05) is 5.32 Å². The molecule has 0 spiro atoms. The molecule has 0 unspecified atom stereocenters. The van der Waals surface area contributed by atoms with Crippen molar-refractivity contribution >= 4 is 17.5 Å². The van der Waals surface area contributed by atoms with Crippen LogP contribution in [0.15, 0.2) is 54.6 Å². The Morgan fingerprint density at radius 1 is 1.04 bits per heavy atom. The van der Waals surface area contributed by atoms with E-state index in [1.54, 1.807) is 0 Å². The lowest BCUT2D eigenvalue weighted by Gasteiger charge is -2.18. The van der Waals surface area contributed by atoms with E-state index in [0.29, 0.717) is 0 Å². The van der Waals surface area contributed by atoms with Crippen molar-refractivity contribution in [2.45, 2.75) is 32.7 Å². The first-order valence-corrected chi connectivity index (χ1v) is 7.79. The summed E-state index contributed by atoms with van der Waals surface area (Å²) in [5.74, 6) is -0.277. The Bertz CT molecular complexity index is 668. The average molecular weight is 310 g/mol. The van der Waals surface area contributed by atoms with Gasteiger partial charge < -0.3 is 10.6 Å². The summed E-state index contributed by atoms with van der Waals surface area (Å²) in [4.78, 5) is 23.7. The molecular weight excluding hydrogens is 288 g/mol. The second-order valence-electron chi connectivity index (χ2n) is 5.47. The van der Waals surface area contributed by atoms with Crippen LogP contribution in [0.3, 0.4) is 0 Å². The van der Waals surface area contributed by atoms with Crippen molar-refractivity contribution in [1.29, 1.82) is 0 Å². The summed E-state index contributed by atoms with van der Waals surface area (Å²) in [7, 11) is 0. The zero-order valence-electron chi connectivity index (χ0n) is 13.5. The highest BCUT2D eigenvalue weighted by Crippen LogP contribution is 2.18. The molecule has 2 N–H and O–H groups in total. The minimum absolute atomic E-state index is 0.124. The number of amides is 2. The summed E-state index contributed by atoms with van der Waals surface area (Å²) in [6.45, 7) is 3.53. The second kappa shape index (κ2) is 8.13. The van der Waals surface area contributed by atoms with Gasteiger partial charge in [-0.1, -0.05) is 49.4 Å². The van der Waals surface area contributed by atoms with Crippen LogP contribution in [0.25, 0.3) is 0 Å². The van der Waals surface area contributed by atoms with Crippen LogP contribution >= 0.6 is 0 Å². The molecule has 120 valence electrons. The lowest BCUT2D eigenvalue weighted by Crippen LogP contribution is -2.29. The molecule has 2 amide bonds. The van der Waals surface area contributed by atoms with E-state index >= 15 is 0 Å². The first-order valence-electron chi connectivity index (χ1n) is 7.79. The van der Waals surface area contributed by atoms with Gasteiger partial charge in [0, 0.05) is 12.6 Å². The highest BCUT2D eigenvalue weighted by Gasteiger charge is 2.17. The predicted molar refractivity (Wildman–Crippen MR) is 92.1 cm³/mol. The van der Waals surface area contributed by atoms with Gasteiger partial charge in [-0.05, 0) is 29.7 Å². The number of rotatable bonds is 6. The molecule has 0 bridgehead atoms. The van der Waals surface area contributed by atoms with Crippen LogP contribution < -0.4 is 10.6 Å². The zero-order chi connectivity index (χ0) is 16.7. The van der Waals surface area contributed by atoms with Crippen LogP contribution in [0.5, 0.6) is 0 Å². The fourth-order valence-corrected chi connectivity index (χ4v) is 2.45. The van der Waals surface area contributed by atoms with Crippen LogP contribution in [-0.2, 0) is 16.0 Å². The van der Waals surface area contributed by atoms with Crippen LogP contribution in [0.1, 0.15) is 37.4 Å². The number of aryl methyl sites for hydroxylation is 1. The van der Waals surface area contributed by atoms with E-state index in [0.717, 1.165) is 17.7 Å². The maximum Gasteiger partial charge on any atom is 0.226 e. The van der Waals surface area contributed by atoms with Gasteiger partial charge in [-0.2, -0.15) is 0 Å². The number of nitrogens with one attached hydrogen (secondary N) is 2. The lowest BCUT2D eigenvalue weighted by atomic mass is 10.0. The fraction of sp³-hybridized carbons (Fsp3) is 0.263. The minimum Gasteiger partial charge on any atom is -0.349 e. The van der Waals surface area contributed by atoms with Crippen molar-refractivity contribution in [1.82, 2.24) is 5.32 Å². The first kappa shape index (κ1) is 16.7. The van der Waals surface area contributed by atoms with Crippen molar-refractivity contribution in [3.05, 3.63) is 65.7 Å². The van der Waals surface area contributed by atoms with Gasteiger partial charge in [-0.15, -0.1) is 0 Å². The number of anilines is 1. The Labute approximate surface area is 136 Å². The van der Waals surface area contributed by atoms with Crippen molar-refractivity contribution in [3.63, 3.8) is 0 Å².